The fraction of sp³-hybridized carbons (Fsp3) is 0.286. The molecule has 104 valence electrons. The zero-order valence-electron chi connectivity index (χ0n) is 11.3. The number of esters is 1. The van der Waals surface area contributed by atoms with Gasteiger partial charge in [0.1, 0.15) is 0 Å². The lowest BCUT2D eigenvalue weighted by molar-refractivity contribution is -0.139. The van der Waals surface area contributed by atoms with Gasteiger partial charge in [0.05, 0.1) is 18.2 Å². The Kier molecular flexibility index (Phi) is 3.31. The van der Waals surface area contributed by atoms with E-state index in [2.05, 4.69) is 10.3 Å². The van der Waals surface area contributed by atoms with Crippen LogP contribution >= 0.6 is 11.3 Å². The summed E-state index contributed by atoms with van der Waals surface area (Å²) in [7, 11) is 0. The maximum Gasteiger partial charge on any atom is 0.338 e. The number of nitrogens with zero attached hydrogens (tertiary/aromatic N) is 2. The van der Waals surface area contributed by atoms with Crippen molar-refractivity contribution in [1.82, 2.24) is 9.55 Å². The van der Waals surface area contributed by atoms with Gasteiger partial charge < -0.3 is 14.6 Å². The summed E-state index contributed by atoms with van der Waals surface area (Å²) in [4.78, 5) is 16.6. The van der Waals surface area contributed by atoms with E-state index in [4.69, 9.17) is 4.74 Å². The fourth-order valence-electron chi connectivity index (χ4n) is 2.43. The zero-order valence-corrected chi connectivity index (χ0v) is 12.1. The van der Waals surface area contributed by atoms with E-state index in [1.807, 2.05) is 41.4 Å². The van der Waals surface area contributed by atoms with Crippen molar-refractivity contribution in [2.24, 2.45) is 0 Å². The van der Waals surface area contributed by atoms with Gasteiger partial charge in [-0.3, -0.25) is 0 Å². The number of hydrogen-bond acceptors (Lipinski definition) is 5. The molecule has 1 atom stereocenters. The van der Waals surface area contributed by atoms with Crippen molar-refractivity contribution in [3.63, 3.8) is 0 Å². The van der Waals surface area contributed by atoms with E-state index in [0.29, 0.717) is 12.2 Å². The normalized spacial score (nSPS) is 17.6. The third-order valence-corrected chi connectivity index (χ3v) is 3.98. The molecular weight excluding hydrogens is 274 g/mol. The highest BCUT2D eigenvalue weighted by molar-refractivity contribution is 7.08. The van der Waals surface area contributed by atoms with Gasteiger partial charge in [0.2, 0.25) is 5.95 Å². The van der Waals surface area contributed by atoms with E-state index in [1.165, 1.54) is 0 Å². The van der Waals surface area contributed by atoms with Crippen LogP contribution in [0, 0.1) is 0 Å². The summed E-state index contributed by atoms with van der Waals surface area (Å²) < 4.78 is 7.16. The average Bonchev–Trinajstić information content (AvgIpc) is 3.07. The van der Waals surface area contributed by atoms with Gasteiger partial charge in [0.15, 0.2) is 0 Å². The number of anilines is 1. The Morgan fingerprint density at radius 1 is 1.60 bits per heavy atom. The molecule has 0 aromatic carbocycles. The van der Waals surface area contributed by atoms with Crippen LogP contribution in [0.5, 0.6) is 0 Å². The fourth-order valence-corrected chi connectivity index (χ4v) is 3.11. The number of thiophene rings is 1. The van der Waals surface area contributed by atoms with Crippen molar-refractivity contribution < 1.29 is 9.53 Å². The van der Waals surface area contributed by atoms with Gasteiger partial charge in [-0.2, -0.15) is 11.3 Å². The van der Waals surface area contributed by atoms with Gasteiger partial charge in [-0.05, 0) is 36.2 Å². The first-order valence-corrected chi connectivity index (χ1v) is 7.36. The lowest BCUT2D eigenvalue weighted by atomic mass is 9.98. The second-order valence-corrected chi connectivity index (χ2v) is 5.28. The molecule has 2 aromatic heterocycles. The largest absolute Gasteiger partial charge is 0.463 e. The molecule has 1 aliphatic heterocycles. The molecule has 6 heteroatoms. The Morgan fingerprint density at radius 3 is 3.15 bits per heavy atom. The minimum Gasteiger partial charge on any atom is -0.463 e. The highest BCUT2D eigenvalue weighted by Crippen LogP contribution is 2.36. The van der Waals surface area contributed by atoms with E-state index in [0.717, 1.165) is 17.2 Å². The predicted octanol–water partition coefficient (Wildman–Crippen LogP) is 2.80. The SMILES string of the molecule is CCOC(=O)C1=C(C)Nc2nccn2C1c1ccsc1. The molecule has 0 amide bonds. The van der Waals surface area contributed by atoms with Crippen LogP contribution in [-0.2, 0) is 9.53 Å². The first-order chi connectivity index (χ1) is 9.72. The molecule has 1 unspecified atom stereocenters. The standard InChI is InChI=1S/C14H15N3O2S/c1-3-19-13(18)11-9(2)16-14-15-5-6-17(14)12(11)10-4-7-20-8-10/h4-8,12H,3H2,1-2H3,(H,15,16). The molecule has 0 saturated heterocycles. The van der Waals surface area contributed by atoms with Gasteiger partial charge in [0.25, 0.3) is 0 Å². The molecule has 0 spiro atoms. The number of carbonyl (C=O) groups is 1. The summed E-state index contributed by atoms with van der Waals surface area (Å²) in [5.74, 6) is 0.458. The summed E-state index contributed by atoms with van der Waals surface area (Å²) in [6.45, 7) is 4.05. The topological polar surface area (TPSA) is 56.1 Å². The van der Waals surface area contributed by atoms with Crippen molar-refractivity contribution in [2.45, 2.75) is 19.9 Å². The highest BCUT2D eigenvalue weighted by Gasteiger charge is 2.33. The van der Waals surface area contributed by atoms with Crippen molar-refractivity contribution in [1.29, 1.82) is 0 Å². The minimum absolute atomic E-state index is 0.181. The van der Waals surface area contributed by atoms with Gasteiger partial charge in [-0.25, -0.2) is 9.78 Å². The maximum atomic E-state index is 12.3. The Bertz CT molecular complexity index is 658. The molecule has 0 radical (unpaired) electrons. The smallest absolute Gasteiger partial charge is 0.338 e. The van der Waals surface area contributed by atoms with Crippen LogP contribution < -0.4 is 5.32 Å². The molecule has 0 aliphatic carbocycles. The molecule has 5 nitrogen and oxygen atoms in total. The van der Waals surface area contributed by atoms with E-state index >= 15 is 0 Å². The number of carbonyl (C=O) groups excluding carboxylic acids is 1. The lowest BCUT2D eigenvalue weighted by Crippen LogP contribution is -2.28. The third-order valence-electron chi connectivity index (χ3n) is 3.28. The molecule has 0 bridgehead atoms. The van der Waals surface area contributed by atoms with Crippen molar-refractivity contribution >= 4 is 23.3 Å². The van der Waals surface area contributed by atoms with Crippen LogP contribution in [0.2, 0.25) is 0 Å². The van der Waals surface area contributed by atoms with Crippen LogP contribution in [0.1, 0.15) is 25.5 Å². The molecule has 1 N–H and O–H groups in total. The number of fused-ring (bicyclic) bond motifs is 1. The van der Waals surface area contributed by atoms with Gasteiger partial charge in [0, 0.05) is 18.1 Å². The summed E-state index contributed by atoms with van der Waals surface area (Å²) in [6.07, 6.45) is 3.60. The van der Waals surface area contributed by atoms with Crippen molar-refractivity contribution in [2.75, 3.05) is 11.9 Å². The summed E-state index contributed by atoms with van der Waals surface area (Å²) in [5.41, 5.74) is 2.49. The number of rotatable bonds is 3. The molecule has 3 rings (SSSR count). The summed E-state index contributed by atoms with van der Waals surface area (Å²) in [6, 6.07) is 1.84. The van der Waals surface area contributed by atoms with E-state index in [9.17, 15) is 4.79 Å². The molecule has 20 heavy (non-hydrogen) atoms. The van der Waals surface area contributed by atoms with Gasteiger partial charge in [-0.15, -0.1) is 0 Å². The number of imidazole rings is 1. The monoisotopic (exact) mass is 289 g/mol. The molecule has 0 saturated carbocycles. The van der Waals surface area contributed by atoms with Gasteiger partial charge >= 0.3 is 5.97 Å². The van der Waals surface area contributed by atoms with E-state index < -0.39 is 0 Å². The van der Waals surface area contributed by atoms with Crippen molar-refractivity contribution in [3.8, 4) is 0 Å². The third kappa shape index (κ3) is 2.02. The van der Waals surface area contributed by atoms with Crippen LogP contribution in [-0.4, -0.2) is 22.1 Å². The molecule has 1 aliphatic rings. The number of ether oxygens (including phenoxy) is 1. The minimum atomic E-state index is -0.284. The molecule has 2 aromatic rings. The van der Waals surface area contributed by atoms with Crippen LogP contribution in [0.3, 0.4) is 0 Å². The first kappa shape index (κ1) is 12.9. The molecule has 3 heterocycles. The van der Waals surface area contributed by atoms with Crippen LogP contribution in [0.4, 0.5) is 5.95 Å². The Morgan fingerprint density at radius 2 is 2.45 bits per heavy atom. The van der Waals surface area contributed by atoms with Gasteiger partial charge in [-0.1, -0.05) is 0 Å². The number of aromatic nitrogens is 2. The average molecular weight is 289 g/mol. The molecular formula is C14H15N3O2S. The number of allylic oxidation sites excluding steroid dienone is 1. The number of hydrogen-bond donors (Lipinski definition) is 1. The predicted molar refractivity (Wildman–Crippen MR) is 77.6 cm³/mol. The maximum absolute atomic E-state index is 12.3. The van der Waals surface area contributed by atoms with E-state index in [1.54, 1.807) is 17.5 Å². The first-order valence-electron chi connectivity index (χ1n) is 6.42. The summed E-state index contributed by atoms with van der Waals surface area (Å²) in [5, 5.41) is 7.21. The Balaban J connectivity index is 2.12. The highest BCUT2D eigenvalue weighted by atomic mass is 32.1. The van der Waals surface area contributed by atoms with E-state index in [-0.39, 0.29) is 12.0 Å². The molecule has 0 fully saturated rings. The second kappa shape index (κ2) is 5.13. The number of nitrogens with one attached hydrogen (secondary N) is 1. The quantitative estimate of drug-likeness (QED) is 0.883. The van der Waals surface area contributed by atoms with Crippen molar-refractivity contribution in [3.05, 3.63) is 46.1 Å². The van der Waals surface area contributed by atoms with Crippen LogP contribution in [0.25, 0.3) is 0 Å². The lowest BCUT2D eigenvalue weighted by Gasteiger charge is -2.28. The second-order valence-electron chi connectivity index (χ2n) is 4.50. The zero-order chi connectivity index (χ0) is 14.1. The Hall–Kier alpha value is -2.08. The summed E-state index contributed by atoms with van der Waals surface area (Å²) >= 11 is 1.61. The van der Waals surface area contributed by atoms with Crippen LogP contribution in [0.15, 0.2) is 40.5 Å². The Labute approximate surface area is 120 Å².